The Bertz CT molecular complexity index is 842. The van der Waals surface area contributed by atoms with Gasteiger partial charge >= 0.3 is 11.9 Å². The molecule has 0 amide bonds. The highest BCUT2D eigenvalue weighted by Gasteiger charge is 2.69. The molecule has 4 heteroatoms. The van der Waals surface area contributed by atoms with E-state index in [0.29, 0.717) is 23.9 Å². The normalized spacial score (nSPS) is 50.2. The van der Waals surface area contributed by atoms with Gasteiger partial charge in [0.15, 0.2) is 0 Å². The van der Waals surface area contributed by atoms with Crippen LogP contribution in [0.5, 0.6) is 0 Å². The van der Waals surface area contributed by atoms with Gasteiger partial charge in [-0.1, -0.05) is 47.1 Å². The maximum atomic E-state index is 12.4. The number of hydrogen-bond acceptors (Lipinski definition) is 4. The summed E-state index contributed by atoms with van der Waals surface area (Å²) >= 11 is 0. The van der Waals surface area contributed by atoms with Crippen molar-refractivity contribution in [3.05, 3.63) is 11.6 Å². The minimum absolute atomic E-state index is 0.0363. The van der Waals surface area contributed by atoms with Crippen molar-refractivity contribution in [3.63, 3.8) is 0 Å². The summed E-state index contributed by atoms with van der Waals surface area (Å²) < 4.78 is 11.7. The number of hydrogen-bond donors (Lipinski definition) is 0. The zero-order valence-electron chi connectivity index (χ0n) is 20.3. The lowest BCUT2D eigenvalue weighted by Crippen LogP contribution is -2.66. The number of carbonyl (C=O) groups is 2. The smallest absolute Gasteiger partial charge is 0.334 e. The number of cyclic esters (lactones) is 1. The topological polar surface area (TPSA) is 52.6 Å². The number of rotatable bonds is 1. The van der Waals surface area contributed by atoms with E-state index in [2.05, 4.69) is 40.7 Å². The van der Waals surface area contributed by atoms with Crippen molar-refractivity contribution >= 4 is 11.9 Å². The molecule has 1 aliphatic heterocycles. The van der Waals surface area contributed by atoms with Crippen LogP contribution < -0.4 is 0 Å². The van der Waals surface area contributed by atoms with Gasteiger partial charge in [0, 0.05) is 23.8 Å². The molecule has 1 heterocycles. The van der Waals surface area contributed by atoms with Crippen molar-refractivity contribution in [1.82, 2.24) is 0 Å². The summed E-state index contributed by atoms with van der Waals surface area (Å²) in [5.41, 5.74) is 1.42. The van der Waals surface area contributed by atoms with Crippen molar-refractivity contribution < 1.29 is 19.1 Å². The first-order chi connectivity index (χ1) is 14.4. The summed E-state index contributed by atoms with van der Waals surface area (Å²) in [5.74, 6) is 1.33. The van der Waals surface area contributed by atoms with E-state index in [1.165, 1.54) is 39.0 Å². The Labute approximate surface area is 187 Å². The number of ether oxygens (including phenoxy) is 2. The molecular formula is C27H40O4. The molecule has 8 atom stereocenters. The standard InChI is InChI=1S/C27H40O4/c1-16(28)31-22-14-21-25(4)12-7-11-24(2,3)19(25)10-13-26(21,5)20-9-8-17-18(27(20,22)6)15-30-23(17)29/h8,18-22H,7,9-15H2,1-6H3/t18?,19-,20-,21+,22+,25-,26-,27+/m0/s1. The van der Waals surface area contributed by atoms with Crippen LogP contribution >= 0.6 is 0 Å². The molecule has 1 unspecified atom stereocenters. The molecule has 4 aliphatic carbocycles. The van der Waals surface area contributed by atoms with E-state index in [4.69, 9.17) is 9.47 Å². The molecule has 0 spiro atoms. The minimum atomic E-state index is -0.249. The number of carbonyl (C=O) groups excluding carboxylic acids is 2. The summed E-state index contributed by atoms with van der Waals surface area (Å²) in [7, 11) is 0. The number of allylic oxidation sites excluding steroid dienone is 1. The summed E-state index contributed by atoms with van der Waals surface area (Å²) in [5, 5.41) is 0. The monoisotopic (exact) mass is 428 g/mol. The second-order valence-electron chi connectivity index (χ2n) is 12.8. The molecule has 0 N–H and O–H groups in total. The average Bonchev–Trinajstić information content (AvgIpc) is 3.04. The molecular weight excluding hydrogens is 388 g/mol. The molecule has 0 radical (unpaired) electrons. The van der Waals surface area contributed by atoms with E-state index < -0.39 is 0 Å². The van der Waals surface area contributed by atoms with E-state index in [1.54, 1.807) is 0 Å². The first-order valence-corrected chi connectivity index (χ1v) is 12.5. The Morgan fingerprint density at radius 2 is 1.74 bits per heavy atom. The highest BCUT2D eigenvalue weighted by Crippen LogP contribution is 2.73. The average molecular weight is 429 g/mol. The van der Waals surface area contributed by atoms with Crippen LogP contribution in [0.25, 0.3) is 0 Å². The van der Waals surface area contributed by atoms with Crippen LogP contribution in [0.3, 0.4) is 0 Å². The first-order valence-electron chi connectivity index (χ1n) is 12.5. The van der Waals surface area contributed by atoms with Crippen molar-refractivity contribution in [2.75, 3.05) is 6.61 Å². The lowest BCUT2D eigenvalue weighted by Gasteiger charge is -2.70. The predicted molar refractivity (Wildman–Crippen MR) is 119 cm³/mol. The van der Waals surface area contributed by atoms with E-state index >= 15 is 0 Å². The summed E-state index contributed by atoms with van der Waals surface area (Å²) in [4.78, 5) is 24.7. The van der Waals surface area contributed by atoms with Crippen LogP contribution in [0, 0.1) is 45.3 Å². The van der Waals surface area contributed by atoms with Crippen molar-refractivity contribution in [2.45, 2.75) is 92.6 Å². The third kappa shape index (κ3) is 2.72. The molecule has 5 rings (SSSR count). The molecule has 5 aliphatic rings. The van der Waals surface area contributed by atoms with Gasteiger partial charge < -0.3 is 9.47 Å². The highest BCUT2D eigenvalue weighted by molar-refractivity contribution is 5.91. The zero-order valence-corrected chi connectivity index (χ0v) is 20.3. The summed E-state index contributed by atoms with van der Waals surface area (Å²) in [6.07, 6.45) is 10.2. The maximum Gasteiger partial charge on any atom is 0.334 e. The Morgan fingerprint density at radius 3 is 2.45 bits per heavy atom. The highest BCUT2D eigenvalue weighted by atomic mass is 16.5. The quantitative estimate of drug-likeness (QED) is 0.503. The fraction of sp³-hybridized carbons (Fsp3) is 0.852. The Morgan fingerprint density at radius 1 is 1.03 bits per heavy atom. The van der Waals surface area contributed by atoms with Gasteiger partial charge in [0.2, 0.25) is 0 Å². The van der Waals surface area contributed by atoms with Crippen LogP contribution in [0.2, 0.25) is 0 Å². The first kappa shape index (κ1) is 21.5. The van der Waals surface area contributed by atoms with Gasteiger partial charge in [-0.15, -0.1) is 0 Å². The maximum absolute atomic E-state index is 12.4. The van der Waals surface area contributed by atoms with Crippen LogP contribution in [-0.2, 0) is 19.1 Å². The Hall–Kier alpha value is -1.32. The van der Waals surface area contributed by atoms with Gasteiger partial charge in [-0.05, 0) is 72.5 Å². The van der Waals surface area contributed by atoms with Gasteiger partial charge in [0.1, 0.15) is 6.10 Å². The fourth-order valence-corrected chi connectivity index (χ4v) is 9.87. The number of esters is 2. The minimum Gasteiger partial charge on any atom is -0.462 e. The van der Waals surface area contributed by atoms with Crippen LogP contribution in [0.1, 0.15) is 86.5 Å². The number of fused-ring (bicyclic) bond motifs is 7. The predicted octanol–water partition coefficient (Wildman–Crippen LogP) is 5.70. The Balaban J connectivity index is 1.62. The molecule has 0 aromatic heterocycles. The van der Waals surface area contributed by atoms with Crippen LogP contribution in [0.15, 0.2) is 11.6 Å². The largest absolute Gasteiger partial charge is 0.462 e. The summed E-state index contributed by atoms with van der Waals surface area (Å²) in [6, 6.07) is 0. The van der Waals surface area contributed by atoms with Crippen molar-refractivity contribution in [3.8, 4) is 0 Å². The van der Waals surface area contributed by atoms with E-state index in [9.17, 15) is 9.59 Å². The van der Waals surface area contributed by atoms with Gasteiger partial charge in [0.25, 0.3) is 0 Å². The van der Waals surface area contributed by atoms with Gasteiger partial charge in [-0.3, -0.25) is 4.79 Å². The zero-order chi connectivity index (χ0) is 22.4. The van der Waals surface area contributed by atoms with Gasteiger partial charge in [-0.2, -0.15) is 0 Å². The molecule has 1 saturated heterocycles. The second-order valence-corrected chi connectivity index (χ2v) is 12.8. The summed E-state index contributed by atoms with van der Waals surface area (Å²) in [6.45, 7) is 14.3. The molecule has 4 nitrogen and oxygen atoms in total. The molecule has 172 valence electrons. The molecule has 3 saturated carbocycles. The molecule has 31 heavy (non-hydrogen) atoms. The molecule has 0 aromatic rings. The SMILES string of the molecule is CC(=O)O[C@@H]1C[C@@H]2[C@@]3(C)CCCC(C)(C)[C@@H]3CC[C@@]2(C)[C@@H]2CC=C3C(=O)OCC3[C@@]12C. The third-order valence-electron chi connectivity index (χ3n) is 11.2. The Kier molecular flexibility index (Phi) is 4.59. The lowest BCUT2D eigenvalue weighted by molar-refractivity contribution is -0.240. The lowest BCUT2D eigenvalue weighted by atomic mass is 9.35. The van der Waals surface area contributed by atoms with Crippen molar-refractivity contribution in [2.24, 2.45) is 45.3 Å². The molecule has 0 aromatic carbocycles. The van der Waals surface area contributed by atoms with Crippen LogP contribution in [-0.4, -0.2) is 24.6 Å². The molecule has 4 fully saturated rings. The molecule has 0 bridgehead atoms. The van der Waals surface area contributed by atoms with E-state index in [0.717, 1.165) is 24.3 Å². The van der Waals surface area contributed by atoms with Gasteiger partial charge in [-0.25, -0.2) is 4.79 Å². The fourth-order valence-electron chi connectivity index (χ4n) is 9.87. The third-order valence-corrected chi connectivity index (χ3v) is 11.2. The van der Waals surface area contributed by atoms with Crippen molar-refractivity contribution in [1.29, 1.82) is 0 Å². The van der Waals surface area contributed by atoms with Gasteiger partial charge in [0.05, 0.1) is 6.61 Å². The van der Waals surface area contributed by atoms with E-state index in [1.807, 2.05) is 0 Å². The van der Waals surface area contributed by atoms with Crippen LogP contribution in [0.4, 0.5) is 0 Å². The van der Waals surface area contributed by atoms with E-state index in [-0.39, 0.29) is 40.2 Å². The second kappa shape index (κ2) is 6.60.